The highest BCUT2D eigenvalue weighted by Crippen LogP contribution is 2.24. The van der Waals surface area contributed by atoms with Gasteiger partial charge in [-0.15, -0.1) is 10.2 Å². The number of nitrogens with one attached hydrogen (secondary N) is 1. The molecule has 0 unspecified atom stereocenters. The topological polar surface area (TPSA) is 59.8 Å². The van der Waals surface area contributed by atoms with Crippen molar-refractivity contribution in [3.8, 4) is 5.69 Å². The molecule has 0 atom stereocenters. The number of benzene rings is 3. The van der Waals surface area contributed by atoms with Crippen molar-refractivity contribution < 1.29 is 4.79 Å². The first-order valence-electron chi connectivity index (χ1n) is 8.20. The van der Waals surface area contributed by atoms with Gasteiger partial charge in [0.05, 0.1) is 15.7 Å². The molecule has 4 rings (SSSR count). The van der Waals surface area contributed by atoms with Gasteiger partial charge in [-0.1, -0.05) is 40.9 Å². The maximum Gasteiger partial charge on any atom is 0.255 e. The second-order valence-electron chi connectivity index (χ2n) is 6.11. The molecule has 7 heteroatoms. The number of fused-ring (bicyclic) bond motifs is 1. The van der Waals surface area contributed by atoms with Crippen molar-refractivity contribution in [2.45, 2.75) is 6.92 Å². The quantitative estimate of drug-likeness (QED) is 0.511. The van der Waals surface area contributed by atoms with Crippen LogP contribution in [-0.4, -0.2) is 20.9 Å². The number of rotatable bonds is 3. The lowest BCUT2D eigenvalue weighted by Gasteiger charge is -2.06. The number of aromatic nitrogens is 3. The molecule has 0 aliphatic carbocycles. The zero-order chi connectivity index (χ0) is 19.0. The normalized spacial score (nSPS) is 10.9. The fourth-order valence-electron chi connectivity index (χ4n) is 2.63. The van der Waals surface area contributed by atoms with Gasteiger partial charge in [0.25, 0.3) is 5.91 Å². The Morgan fingerprint density at radius 3 is 2.37 bits per heavy atom. The van der Waals surface area contributed by atoms with Crippen LogP contribution in [0.5, 0.6) is 0 Å². The fourth-order valence-corrected chi connectivity index (χ4v) is 2.92. The third-order valence-electron chi connectivity index (χ3n) is 4.08. The van der Waals surface area contributed by atoms with Crippen molar-refractivity contribution in [3.63, 3.8) is 0 Å². The molecule has 0 aliphatic rings. The van der Waals surface area contributed by atoms with Gasteiger partial charge < -0.3 is 5.32 Å². The van der Waals surface area contributed by atoms with Crippen LogP contribution in [0.2, 0.25) is 10.0 Å². The Kier molecular flexibility index (Phi) is 4.56. The van der Waals surface area contributed by atoms with E-state index in [1.54, 1.807) is 29.1 Å². The van der Waals surface area contributed by atoms with Gasteiger partial charge in [0.1, 0.15) is 11.0 Å². The van der Waals surface area contributed by atoms with Gasteiger partial charge in [0.2, 0.25) is 0 Å². The summed E-state index contributed by atoms with van der Waals surface area (Å²) in [6, 6.07) is 18.1. The van der Waals surface area contributed by atoms with Crippen LogP contribution in [0.1, 0.15) is 15.9 Å². The predicted molar refractivity (Wildman–Crippen MR) is 108 cm³/mol. The Morgan fingerprint density at radius 2 is 1.63 bits per heavy atom. The summed E-state index contributed by atoms with van der Waals surface area (Å²) in [6.45, 7) is 2.03. The van der Waals surface area contributed by atoms with Crippen molar-refractivity contribution in [2.75, 3.05) is 5.32 Å². The molecule has 1 heterocycles. The largest absolute Gasteiger partial charge is 0.322 e. The van der Waals surface area contributed by atoms with Crippen LogP contribution in [0.4, 0.5) is 5.69 Å². The fraction of sp³-hybridized carbons (Fsp3) is 0.0500. The molecular formula is C20H14Cl2N4O. The molecule has 4 aromatic rings. The van der Waals surface area contributed by atoms with Crippen LogP contribution in [0.15, 0.2) is 60.7 Å². The van der Waals surface area contributed by atoms with Crippen molar-refractivity contribution in [3.05, 3.63) is 81.8 Å². The van der Waals surface area contributed by atoms with Crippen LogP contribution in [0, 0.1) is 6.92 Å². The molecule has 0 saturated heterocycles. The van der Waals surface area contributed by atoms with Gasteiger partial charge in [-0.05, 0) is 55.5 Å². The van der Waals surface area contributed by atoms with Gasteiger partial charge in [-0.2, -0.15) is 4.80 Å². The van der Waals surface area contributed by atoms with Crippen molar-refractivity contribution >= 4 is 45.8 Å². The SMILES string of the molecule is Cc1ccc(-n2nc3ccc(NC(=O)c4ccc(Cl)c(Cl)c4)cc3n2)cc1. The minimum atomic E-state index is -0.279. The van der Waals surface area contributed by atoms with E-state index < -0.39 is 0 Å². The third kappa shape index (κ3) is 3.65. The van der Waals surface area contributed by atoms with E-state index in [0.717, 1.165) is 11.2 Å². The molecule has 0 aliphatic heterocycles. The first-order valence-corrected chi connectivity index (χ1v) is 8.96. The average molecular weight is 397 g/mol. The van der Waals surface area contributed by atoms with Crippen molar-refractivity contribution in [1.82, 2.24) is 15.0 Å². The molecule has 3 aromatic carbocycles. The van der Waals surface area contributed by atoms with E-state index in [1.807, 2.05) is 37.3 Å². The van der Waals surface area contributed by atoms with Crippen LogP contribution >= 0.6 is 23.2 Å². The molecular weight excluding hydrogens is 383 g/mol. The Balaban J connectivity index is 1.60. The third-order valence-corrected chi connectivity index (χ3v) is 4.82. The maximum absolute atomic E-state index is 12.4. The zero-order valence-corrected chi connectivity index (χ0v) is 15.8. The van der Waals surface area contributed by atoms with Gasteiger partial charge >= 0.3 is 0 Å². The summed E-state index contributed by atoms with van der Waals surface area (Å²) in [5, 5.41) is 12.5. The monoisotopic (exact) mass is 396 g/mol. The maximum atomic E-state index is 12.4. The standard InChI is InChI=1S/C20H14Cl2N4O/c1-12-2-6-15(7-3-12)26-24-18-9-5-14(11-19(18)25-26)23-20(27)13-4-8-16(21)17(22)10-13/h2-11H,1H3,(H,23,27). The molecule has 134 valence electrons. The number of anilines is 1. The summed E-state index contributed by atoms with van der Waals surface area (Å²) >= 11 is 11.9. The van der Waals surface area contributed by atoms with Crippen molar-refractivity contribution in [2.24, 2.45) is 0 Å². The molecule has 0 bridgehead atoms. The lowest BCUT2D eigenvalue weighted by molar-refractivity contribution is 0.102. The van der Waals surface area contributed by atoms with Crippen LogP contribution in [0.25, 0.3) is 16.7 Å². The molecule has 1 aromatic heterocycles. The second-order valence-corrected chi connectivity index (χ2v) is 6.93. The molecule has 27 heavy (non-hydrogen) atoms. The van der Waals surface area contributed by atoms with E-state index in [-0.39, 0.29) is 5.91 Å². The summed E-state index contributed by atoms with van der Waals surface area (Å²) in [6.07, 6.45) is 0. The molecule has 0 spiro atoms. The number of hydrogen-bond acceptors (Lipinski definition) is 3. The molecule has 0 saturated carbocycles. The number of amides is 1. The van der Waals surface area contributed by atoms with E-state index in [0.29, 0.717) is 26.8 Å². The first-order chi connectivity index (χ1) is 13.0. The summed E-state index contributed by atoms with van der Waals surface area (Å²) in [5.41, 5.74) is 4.51. The minimum Gasteiger partial charge on any atom is -0.322 e. The summed E-state index contributed by atoms with van der Waals surface area (Å²) < 4.78 is 0. The van der Waals surface area contributed by atoms with Gasteiger partial charge in [0, 0.05) is 11.3 Å². The average Bonchev–Trinajstić information content (AvgIpc) is 3.07. The minimum absolute atomic E-state index is 0.279. The predicted octanol–water partition coefficient (Wildman–Crippen LogP) is 5.29. The zero-order valence-electron chi connectivity index (χ0n) is 14.3. The summed E-state index contributed by atoms with van der Waals surface area (Å²) in [5.74, 6) is -0.279. The molecule has 0 fully saturated rings. The van der Waals surface area contributed by atoms with E-state index >= 15 is 0 Å². The van der Waals surface area contributed by atoms with Gasteiger partial charge in [0.15, 0.2) is 0 Å². The Labute approximate surface area is 165 Å². The van der Waals surface area contributed by atoms with Crippen LogP contribution in [0.3, 0.4) is 0 Å². The molecule has 0 radical (unpaired) electrons. The first kappa shape index (κ1) is 17.5. The summed E-state index contributed by atoms with van der Waals surface area (Å²) in [4.78, 5) is 14.0. The lowest BCUT2D eigenvalue weighted by Crippen LogP contribution is -2.11. The molecule has 1 N–H and O–H groups in total. The summed E-state index contributed by atoms with van der Waals surface area (Å²) in [7, 11) is 0. The van der Waals surface area contributed by atoms with Crippen LogP contribution in [-0.2, 0) is 0 Å². The second kappa shape index (κ2) is 7.02. The van der Waals surface area contributed by atoms with E-state index in [4.69, 9.17) is 23.2 Å². The number of carbonyl (C=O) groups is 1. The van der Waals surface area contributed by atoms with E-state index in [1.165, 1.54) is 11.6 Å². The molecule has 5 nitrogen and oxygen atoms in total. The number of aryl methyl sites for hydroxylation is 1. The highest BCUT2D eigenvalue weighted by atomic mass is 35.5. The number of halogens is 2. The van der Waals surface area contributed by atoms with Gasteiger partial charge in [-0.3, -0.25) is 4.79 Å². The number of nitrogens with zero attached hydrogens (tertiary/aromatic N) is 3. The van der Waals surface area contributed by atoms with E-state index in [2.05, 4.69) is 15.5 Å². The number of carbonyl (C=O) groups excluding carboxylic acids is 1. The highest BCUT2D eigenvalue weighted by Gasteiger charge is 2.10. The lowest BCUT2D eigenvalue weighted by atomic mass is 10.2. The van der Waals surface area contributed by atoms with Crippen LogP contribution < -0.4 is 5.32 Å². The smallest absolute Gasteiger partial charge is 0.255 e. The Bertz CT molecular complexity index is 1150. The van der Waals surface area contributed by atoms with E-state index in [9.17, 15) is 4.79 Å². The molecule has 1 amide bonds. The highest BCUT2D eigenvalue weighted by molar-refractivity contribution is 6.42. The Morgan fingerprint density at radius 1 is 0.889 bits per heavy atom. The Hall–Kier alpha value is -2.89. The van der Waals surface area contributed by atoms with Gasteiger partial charge in [-0.25, -0.2) is 0 Å². The number of hydrogen-bond donors (Lipinski definition) is 1. The van der Waals surface area contributed by atoms with Crippen molar-refractivity contribution in [1.29, 1.82) is 0 Å².